The van der Waals surface area contributed by atoms with Crippen LogP contribution in [0.2, 0.25) is 0 Å². The molecule has 0 saturated carbocycles. The van der Waals surface area contributed by atoms with Crippen molar-refractivity contribution in [3.8, 4) is 22.6 Å². The van der Waals surface area contributed by atoms with Crippen LogP contribution in [0.4, 0.5) is 0 Å². The molecular weight excluding hydrogens is 466 g/mol. The highest BCUT2D eigenvalue weighted by Crippen LogP contribution is 2.32. The van der Waals surface area contributed by atoms with Gasteiger partial charge in [0, 0.05) is 6.08 Å². The molecule has 0 fully saturated rings. The largest absolute Gasteiger partial charge is 0.491 e. The molecule has 1 aliphatic heterocycles. The molecule has 3 aromatic carbocycles. The summed E-state index contributed by atoms with van der Waals surface area (Å²) in [5.74, 6) is 0.963. The monoisotopic (exact) mass is 493 g/mol. The summed E-state index contributed by atoms with van der Waals surface area (Å²) in [6, 6.07) is 19.1. The van der Waals surface area contributed by atoms with Gasteiger partial charge in [-0.05, 0) is 77.6 Å². The lowest BCUT2D eigenvalue weighted by Gasteiger charge is -2.16. The van der Waals surface area contributed by atoms with Gasteiger partial charge in [-0.1, -0.05) is 30.3 Å². The van der Waals surface area contributed by atoms with Crippen LogP contribution in [0.25, 0.3) is 16.0 Å². The van der Waals surface area contributed by atoms with Crippen LogP contribution >= 0.6 is 0 Å². The van der Waals surface area contributed by atoms with E-state index in [1.807, 2.05) is 38.1 Å². The lowest BCUT2D eigenvalue weighted by molar-refractivity contribution is -0.114. The molecular formula is C27H27NO6S. The van der Waals surface area contributed by atoms with Crippen molar-refractivity contribution >= 4 is 21.8 Å². The lowest BCUT2D eigenvalue weighted by atomic mass is 9.94. The molecule has 3 aromatic rings. The van der Waals surface area contributed by atoms with Crippen molar-refractivity contribution in [2.24, 2.45) is 0 Å². The molecule has 1 amide bonds. The highest BCUT2D eigenvalue weighted by Gasteiger charge is 2.20. The summed E-state index contributed by atoms with van der Waals surface area (Å²) in [6.45, 7) is 4.09. The number of aliphatic hydroxyl groups excluding tert-OH is 2. The fraction of sp³-hybridized carbons (Fsp3) is 0.222. The van der Waals surface area contributed by atoms with Crippen molar-refractivity contribution in [2.75, 3.05) is 13.2 Å². The number of nitrogens with one attached hydrogen (secondary N) is 1. The number of carbonyl (C=O) groups excluding carboxylic acids is 1. The minimum Gasteiger partial charge on any atom is -0.491 e. The number of ether oxygens (including phenoxy) is 2. The maximum atomic E-state index is 11.9. The zero-order valence-corrected chi connectivity index (χ0v) is 20.3. The Hall–Kier alpha value is -3.46. The van der Waals surface area contributed by atoms with Crippen LogP contribution in [0, 0.1) is 13.8 Å². The molecule has 0 saturated heterocycles. The first-order valence-corrected chi connectivity index (χ1v) is 12.3. The average molecular weight is 494 g/mol. The summed E-state index contributed by atoms with van der Waals surface area (Å²) < 4.78 is 25.8. The molecule has 1 aliphatic rings. The van der Waals surface area contributed by atoms with Gasteiger partial charge in [-0.3, -0.25) is 9.52 Å². The minimum atomic E-state index is -1.52. The van der Waals surface area contributed by atoms with E-state index in [9.17, 15) is 14.1 Å². The standard InChI is InChI=1S/C27H27NO6S/c1-17-10-24(34-16-22(30)14-29)11-18(2)27(17)21-5-3-4-19(12-21)15-33-23-8-6-20(7-9-23)25-13-26(31)28-35(25)32/h3-13,22,29-30H,14-16H2,1-2H3,(H,28,31). The Morgan fingerprint density at radius 1 is 0.943 bits per heavy atom. The van der Waals surface area contributed by atoms with Gasteiger partial charge < -0.3 is 19.7 Å². The summed E-state index contributed by atoms with van der Waals surface area (Å²) in [6.07, 6.45) is 0.437. The normalized spacial score (nSPS) is 15.9. The first-order valence-electron chi connectivity index (χ1n) is 11.1. The topological polar surface area (TPSA) is 105 Å². The molecule has 0 radical (unpaired) electrons. The fourth-order valence-electron chi connectivity index (χ4n) is 3.95. The Kier molecular flexibility index (Phi) is 7.65. The van der Waals surface area contributed by atoms with E-state index in [0.717, 1.165) is 27.8 Å². The SMILES string of the molecule is Cc1cc(OCC(O)CO)cc(C)c1-c1cccc(COc2ccc(C3=CC(=O)NS3=O)cc2)c1. The van der Waals surface area contributed by atoms with Gasteiger partial charge in [0.05, 0.1) is 11.5 Å². The second kappa shape index (κ2) is 10.9. The summed E-state index contributed by atoms with van der Waals surface area (Å²) in [7, 11) is -1.52. The third-order valence-electron chi connectivity index (χ3n) is 5.57. The van der Waals surface area contributed by atoms with Crippen LogP contribution < -0.4 is 14.2 Å². The summed E-state index contributed by atoms with van der Waals surface area (Å²) >= 11 is 0. The third-order valence-corrected chi connectivity index (χ3v) is 6.71. The molecule has 8 heteroatoms. The van der Waals surface area contributed by atoms with E-state index in [1.165, 1.54) is 6.08 Å². The molecule has 1 heterocycles. The van der Waals surface area contributed by atoms with Gasteiger partial charge in [-0.2, -0.15) is 0 Å². The molecule has 3 N–H and O–H groups in total. The van der Waals surface area contributed by atoms with E-state index in [1.54, 1.807) is 24.3 Å². The second-order valence-corrected chi connectivity index (χ2v) is 9.52. The van der Waals surface area contributed by atoms with Crippen molar-refractivity contribution in [3.05, 3.63) is 89.0 Å². The number of hydrogen-bond donors (Lipinski definition) is 3. The van der Waals surface area contributed by atoms with Crippen LogP contribution in [0.1, 0.15) is 22.3 Å². The quantitative estimate of drug-likeness (QED) is 0.422. The maximum absolute atomic E-state index is 11.9. The van der Waals surface area contributed by atoms with Gasteiger partial charge in [0.15, 0.2) is 11.0 Å². The number of rotatable bonds is 9. The van der Waals surface area contributed by atoms with Crippen molar-refractivity contribution < 1.29 is 28.7 Å². The lowest BCUT2D eigenvalue weighted by Crippen LogP contribution is -2.21. The summed E-state index contributed by atoms with van der Waals surface area (Å²) in [4.78, 5) is 11.8. The molecule has 0 aliphatic carbocycles. The number of benzene rings is 3. The van der Waals surface area contributed by atoms with Crippen LogP contribution in [-0.2, 0) is 22.4 Å². The first-order chi connectivity index (χ1) is 16.8. The molecule has 182 valence electrons. The maximum Gasteiger partial charge on any atom is 0.257 e. The van der Waals surface area contributed by atoms with Crippen LogP contribution in [0.5, 0.6) is 11.5 Å². The minimum absolute atomic E-state index is 0.0347. The van der Waals surface area contributed by atoms with Crippen LogP contribution in [-0.4, -0.2) is 39.6 Å². The molecule has 2 unspecified atom stereocenters. The van der Waals surface area contributed by atoms with Gasteiger partial charge in [0.1, 0.15) is 30.8 Å². The van der Waals surface area contributed by atoms with E-state index in [2.05, 4.69) is 16.9 Å². The summed E-state index contributed by atoms with van der Waals surface area (Å²) in [5.41, 5.74) is 5.96. The fourth-order valence-corrected chi connectivity index (χ4v) is 4.86. The zero-order valence-electron chi connectivity index (χ0n) is 19.5. The number of aliphatic hydroxyl groups is 2. The van der Waals surface area contributed by atoms with E-state index in [-0.39, 0.29) is 19.1 Å². The Morgan fingerprint density at radius 2 is 1.66 bits per heavy atom. The Morgan fingerprint density at radius 3 is 2.29 bits per heavy atom. The van der Waals surface area contributed by atoms with Gasteiger partial charge in [0.2, 0.25) is 0 Å². The highest BCUT2D eigenvalue weighted by molar-refractivity contribution is 7.93. The molecule has 35 heavy (non-hydrogen) atoms. The van der Waals surface area contributed by atoms with Gasteiger partial charge >= 0.3 is 0 Å². The highest BCUT2D eigenvalue weighted by atomic mass is 32.2. The van der Waals surface area contributed by atoms with E-state index >= 15 is 0 Å². The molecule has 0 bridgehead atoms. The van der Waals surface area contributed by atoms with Gasteiger partial charge in [0.25, 0.3) is 5.91 Å². The van der Waals surface area contributed by atoms with E-state index in [0.29, 0.717) is 28.6 Å². The summed E-state index contributed by atoms with van der Waals surface area (Å²) in [5, 5.41) is 18.5. The molecule has 2 atom stereocenters. The van der Waals surface area contributed by atoms with Crippen molar-refractivity contribution in [3.63, 3.8) is 0 Å². The Bertz CT molecular complexity index is 1260. The van der Waals surface area contributed by atoms with Crippen molar-refractivity contribution in [2.45, 2.75) is 26.6 Å². The predicted octanol–water partition coefficient (Wildman–Crippen LogP) is 3.42. The van der Waals surface area contributed by atoms with E-state index < -0.39 is 17.1 Å². The molecule has 7 nitrogen and oxygen atoms in total. The second-order valence-electron chi connectivity index (χ2n) is 8.34. The zero-order chi connectivity index (χ0) is 24.9. The smallest absolute Gasteiger partial charge is 0.257 e. The number of amides is 1. The Labute approximate surface area is 206 Å². The van der Waals surface area contributed by atoms with Gasteiger partial charge in [-0.15, -0.1) is 0 Å². The average Bonchev–Trinajstić information content (AvgIpc) is 3.19. The van der Waals surface area contributed by atoms with Crippen molar-refractivity contribution in [1.82, 2.24) is 4.72 Å². The van der Waals surface area contributed by atoms with Crippen LogP contribution in [0.15, 0.2) is 66.7 Å². The number of hydrogen-bond acceptors (Lipinski definition) is 6. The third kappa shape index (κ3) is 5.97. The molecule has 4 rings (SSSR count). The van der Waals surface area contributed by atoms with Crippen molar-refractivity contribution in [1.29, 1.82) is 0 Å². The number of aryl methyl sites for hydroxylation is 2. The Balaban J connectivity index is 1.45. The van der Waals surface area contributed by atoms with Gasteiger partial charge in [-0.25, -0.2) is 4.21 Å². The van der Waals surface area contributed by atoms with E-state index in [4.69, 9.17) is 14.6 Å². The van der Waals surface area contributed by atoms with Crippen LogP contribution in [0.3, 0.4) is 0 Å². The molecule has 0 aromatic heterocycles. The number of carbonyl (C=O) groups is 1. The first kappa shape index (κ1) is 24.7. The predicted molar refractivity (Wildman–Crippen MR) is 135 cm³/mol. The molecule has 0 spiro atoms.